The Labute approximate surface area is 86.1 Å². The highest BCUT2D eigenvalue weighted by Crippen LogP contribution is 2.21. The van der Waals surface area contributed by atoms with Crippen molar-refractivity contribution in [1.82, 2.24) is 0 Å². The predicted octanol–water partition coefficient (Wildman–Crippen LogP) is 3.21. The molecule has 0 saturated heterocycles. The molecule has 0 radical (unpaired) electrons. The first-order valence-electron chi connectivity index (χ1n) is 4.81. The van der Waals surface area contributed by atoms with E-state index in [4.69, 9.17) is 4.74 Å². The van der Waals surface area contributed by atoms with Crippen LogP contribution in [0.2, 0.25) is 0 Å². The highest BCUT2D eigenvalue weighted by Gasteiger charge is 2.03. The van der Waals surface area contributed by atoms with E-state index < -0.39 is 0 Å². The molecule has 0 aliphatic heterocycles. The van der Waals surface area contributed by atoms with Crippen LogP contribution in [0, 0.1) is 11.8 Å². The molecule has 0 fully saturated rings. The molecule has 1 aromatic carbocycles. The summed E-state index contributed by atoms with van der Waals surface area (Å²) in [6.45, 7) is 4.06. The molecule has 0 spiro atoms. The Morgan fingerprint density at radius 3 is 2.43 bits per heavy atom. The van der Waals surface area contributed by atoms with Gasteiger partial charge in [0.15, 0.2) is 0 Å². The summed E-state index contributed by atoms with van der Waals surface area (Å²) in [6, 6.07) is 8.18. The summed E-state index contributed by atoms with van der Waals surface area (Å²) < 4.78 is 5.10. The molecule has 0 aliphatic carbocycles. The van der Waals surface area contributed by atoms with Crippen molar-refractivity contribution in [1.29, 1.82) is 0 Å². The number of methoxy groups -OCH3 is 1. The molecule has 0 heterocycles. The van der Waals surface area contributed by atoms with Gasteiger partial charge in [-0.25, -0.2) is 0 Å². The lowest BCUT2D eigenvalue weighted by Gasteiger charge is -2.08. The molecule has 1 unspecified atom stereocenters. The fraction of sp³-hybridized carbons (Fsp3) is 0.385. The Hall–Kier alpha value is -1.42. The summed E-state index contributed by atoms with van der Waals surface area (Å²) in [7, 11) is 1.68. The van der Waals surface area contributed by atoms with Gasteiger partial charge in [-0.05, 0) is 30.5 Å². The molecular weight excluding hydrogens is 172 g/mol. The molecule has 1 rings (SSSR count). The van der Waals surface area contributed by atoms with Crippen molar-refractivity contribution in [2.24, 2.45) is 0 Å². The third-order valence-corrected chi connectivity index (χ3v) is 2.27. The first kappa shape index (κ1) is 10.7. The highest BCUT2D eigenvalue weighted by molar-refractivity contribution is 5.29. The molecule has 0 aromatic heterocycles. The van der Waals surface area contributed by atoms with Crippen LogP contribution in [0.25, 0.3) is 0 Å². The van der Waals surface area contributed by atoms with Gasteiger partial charge >= 0.3 is 0 Å². The summed E-state index contributed by atoms with van der Waals surface area (Å²) in [5.74, 6) is 7.41. The van der Waals surface area contributed by atoms with Crippen molar-refractivity contribution in [2.45, 2.75) is 26.2 Å². The largest absolute Gasteiger partial charge is 0.497 e. The van der Waals surface area contributed by atoms with Gasteiger partial charge in [-0.2, -0.15) is 0 Å². The van der Waals surface area contributed by atoms with E-state index in [1.807, 2.05) is 19.1 Å². The zero-order valence-corrected chi connectivity index (χ0v) is 9.00. The lowest BCUT2D eigenvalue weighted by molar-refractivity contribution is 0.414. The zero-order valence-electron chi connectivity index (χ0n) is 9.00. The van der Waals surface area contributed by atoms with E-state index in [-0.39, 0.29) is 0 Å². The van der Waals surface area contributed by atoms with Gasteiger partial charge < -0.3 is 4.74 Å². The van der Waals surface area contributed by atoms with Crippen LogP contribution in [0.5, 0.6) is 5.75 Å². The molecule has 1 atom stereocenters. The van der Waals surface area contributed by atoms with E-state index >= 15 is 0 Å². The first-order chi connectivity index (χ1) is 6.77. The number of rotatable bonds is 3. The van der Waals surface area contributed by atoms with Crippen LogP contribution in [0.1, 0.15) is 31.7 Å². The van der Waals surface area contributed by atoms with Crippen molar-refractivity contribution in [3.8, 4) is 17.6 Å². The van der Waals surface area contributed by atoms with Crippen molar-refractivity contribution in [3.63, 3.8) is 0 Å². The molecule has 0 amide bonds. The predicted molar refractivity (Wildman–Crippen MR) is 59.5 cm³/mol. The molecule has 0 bridgehead atoms. The summed E-state index contributed by atoms with van der Waals surface area (Å²) in [6.07, 6.45) is 0.919. The van der Waals surface area contributed by atoms with Crippen LogP contribution < -0.4 is 4.74 Å². The van der Waals surface area contributed by atoms with Crippen molar-refractivity contribution in [2.75, 3.05) is 7.11 Å². The van der Waals surface area contributed by atoms with Crippen LogP contribution in [-0.2, 0) is 0 Å². The number of ether oxygens (including phenoxy) is 1. The van der Waals surface area contributed by atoms with Gasteiger partial charge in [0, 0.05) is 6.42 Å². The Morgan fingerprint density at radius 1 is 1.29 bits per heavy atom. The molecule has 74 valence electrons. The Balaban J connectivity index is 2.69. The van der Waals surface area contributed by atoms with E-state index in [2.05, 4.69) is 30.9 Å². The molecule has 1 nitrogen and oxygen atoms in total. The minimum atomic E-state index is 0.494. The second-order valence-electron chi connectivity index (χ2n) is 3.31. The van der Waals surface area contributed by atoms with Gasteiger partial charge in [0.1, 0.15) is 5.75 Å². The summed E-state index contributed by atoms with van der Waals surface area (Å²) in [5, 5.41) is 0. The van der Waals surface area contributed by atoms with E-state index in [0.717, 1.165) is 12.2 Å². The topological polar surface area (TPSA) is 9.23 Å². The summed E-state index contributed by atoms with van der Waals surface area (Å²) in [5.41, 5.74) is 1.31. The maximum Gasteiger partial charge on any atom is 0.118 e. The lowest BCUT2D eigenvalue weighted by Crippen LogP contribution is -1.92. The molecular formula is C13H16O. The standard InChI is InChI=1S/C13H16O/c1-4-5-6-11(2)12-7-9-13(14-3)10-8-12/h7-11H,6H2,1-3H3. The second-order valence-corrected chi connectivity index (χ2v) is 3.31. The van der Waals surface area contributed by atoms with Crippen molar-refractivity contribution in [3.05, 3.63) is 29.8 Å². The molecule has 0 aliphatic rings. The SMILES string of the molecule is CC#CCC(C)c1ccc(OC)cc1. The minimum absolute atomic E-state index is 0.494. The summed E-state index contributed by atoms with van der Waals surface area (Å²) in [4.78, 5) is 0. The maximum absolute atomic E-state index is 5.10. The Bertz CT molecular complexity index is 326. The van der Waals surface area contributed by atoms with E-state index in [0.29, 0.717) is 5.92 Å². The van der Waals surface area contributed by atoms with Gasteiger partial charge in [0.25, 0.3) is 0 Å². The van der Waals surface area contributed by atoms with Crippen molar-refractivity contribution >= 4 is 0 Å². The quantitative estimate of drug-likeness (QED) is 0.662. The number of hydrogen-bond acceptors (Lipinski definition) is 1. The van der Waals surface area contributed by atoms with Gasteiger partial charge in [-0.15, -0.1) is 11.8 Å². The second kappa shape index (κ2) is 5.34. The number of benzene rings is 1. The van der Waals surface area contributed by atoms with E-state index in [1.165, 1.54) is 5.56 Å². The molecule has 1 aromatic rings. The molecule has 0 saturated carbocycles. The Kier molecular flexibility index (Phi) is 4.07. The molecule has 0 N–H and O–H groups in total. The number of hydrogen-bond donors (Lipinski definition) is 0. The maximum atomic E-state index is 5.10. The highest BCUT2D eigenvalue weighted by atomic mass is 16.5. The van der Waals surface area contributed by atoms with Crippen LogP contribution in [0.15, 0.2) is 24.3 Å². The van der Waals surface area contributed by atoms with Crippen LogP contribution in [0.3, 0.4) is 0 Å². The first-order valence-corrected chi connectivity index (χ1v) is 4.81. The third kappa shape index (κ3) is 2.81. The van der Waals surface area contributed by atoms with E-state index in [9.17, 15) is 0 Å². The van der Waals surface area contributed by atoms with E-state index in [1.54, 1.807) is 7.11 Å². The van der Waals surface area contributed by atoms with Gasteiger partial charge in [-0.3, -0.25) is 0 Å². The lowest BCUT2D eigenvalue weighted by atomic mass is 9.98. The van der Waals surface area contributed by atoms with Crippen LogP contribution >= 0.6 is 0 Å². The third-order valence-electron chi connectivity index (χ3n) is 2.27. The van der Waals surface area contributed by atoms with Gasteiger partial charge in [0.2, 0.25) is 0 Å². The van der Waals surface area contributed by atoms with Gasteiger partial charge in [-0.1, -0.05) is 19.1 Å². The van der Waals surface area contributed by atoms with Crippen LogP contribution in [-0.4, -0.2) is 7.11 Å². The summed E-state index contributed by atoms with van der Waals surface area (Å²) >= 11 is 0. The van der Waals surface area contributed by atoms with Gasteiger partial charge in [0.05, 0.1) is 7.11 Å². The smallest absolute Gasteiger partial charge is 0.118 e. The fourth-order valence-corrected chi connectivity index (χ4v) is 1.31. The zero-order chi connectivity index (χ0) is 10.4. The molecule has 1 heteroatoms. The normalized spacial score (nSPS) is 11.4. The average Bonchev–Trinajstić information content (AvgIpc) is 2.26. The van der Waals surface area contributed by atoms with Crippen molar-refractivity contribution < 1.29 is 4.74 Å². The Morgan fingerprint density at radius 2 is 1.93 bits per heavy atom. The molecule has 14 heavy (non-hydrogen) atoms. The monoisotopic (exact) mass is 188 g/mol. The average molecular weight is 188 g/mol. The van der Waals surface area contributed by atoms with Crippen LogP contribution in [0.4, 0.5) is 0 Å². The minimum Gasteiger partial charge on any atom is -0.497 e. The fourth-order valence-electron chi connectivity index (χ4n) is 1.31.